The van der Waals surface area contributed by atoms with Crippen LogP contribution >= 0.6 is 0 Å². The zero-order valence-electron chi connectivity index (χ0n) is 15.0. The lowest BCUT2D eigenvalue weighted by molar-refractivity contribution is -0.886. The van der Waals surface area contributed by atoms with Crippen LogP contribution in [-0.2, 0) is 11.3 Å². The molecule has 130 valence electrons. The van der Waals surface area contributed by atoms with Crippen LogP contribution < -0.4 is 10.2 Å². The van der Waals surface area contributed by atoms with Crippen LogP contribution in [0.2, 0.25) is 0 Å². The highest BCUT2D eigenvalue weighted by atomic mass is 16.3. The molecule has 1 heterocycles. The fraction of sp³-hybridized carbons (Fsp3) is 0.286. The molecule has 4 heteroatoms. The van der Waals surface area contributed by atoms with Crippen molar-refractivity contribution in [2.45, 2.75) is 26.4 Å². The van der Waals surface area contributed by atoms with Crippen molar-refractivity contribution in [3.05, 3.63) is 71.7 Å². The van der Waals surface area contributed by atoms with Crippen LogP contribution in [0.5, 0.6) is 0 Å². The molecule has 0 spiro atoms. The molecule has 3 rings (SSSR count). The second kappa shape index (κ2) is 7.53. The molecule has 1 amide bonds. The Morgan fingerprint density at radius 1 is 1.12 bits per heavy atom. The van der Waals surface area contributed by atoms with Gasteiger partial charge in [-0.25, -0.2) is 0 Å². The third-order valence-corrected chi connectivity index (χ3v) is 4.40. The normalized spacial score (nSPS) is 13.6. The van der Waals surface area contributed by atoms with Crippen molar-refractivity contribution in [1.29, 1.82) is 0 Å². The largest absolute Gasteiger partial charge is 0.460 e. The number of hydrogen-bond acceptors (Lipinski definition) is 2. The molecule has 1 aromatic heterocycles. The van der Waals surface area contributed by atoms with Gasteiger partial charge in [0.25, 0.3) is 5.91 Å². The molecule has 0 saturated heterocycles. The molecule has 25 heavy (non-hydrogen) atoms. The number of rotatable bonds is 6. The lowest BCUT2D eigenvalue weighted by Crippen LogP contribution is -3.08. The summed E-state index contributed by atoms with van der Waals surface area (Å²) in [7, 11) is 2.00. The third-order valence-electron chi connectivity index (χ3n) is 4.40. The van der Waals surface area contributed by atoms with E-state index in [1.54, 1.807) is 0 Å². The fourth-order valence-corrected chi connectivity index (χ4v) is 3.21. The summed E-state index contributed by atoms with van der Waals surface area (Å²) in [6.07, 6.45) is 0. The first-order valence-corrected chi connectivity index (χ1v) is 8.66. The number of carbonyl (C=O) groups is 1. The summed E-state index contributed by atoms with van der Waals surface area (Å²) in [5.41, 5.74) is 1.14. The standard InChI is InChI=1S/C21H24N2O2/c1-15-11-12-18(25-15)13-23(3)14-21(24)22-16(2)19-10-6-8-17-7-4-5-9-20(17)19/h4-12,16H,13-14H2,1-3H3,(H,22,24)/p+1/t16-/m1/s1. The second-order valence-corrected chi connectivity index (χ2v) is 6.68. The topological polar surface area (TPSA) is 46.7 Å². The van der Waals surface area contributed by atoms with E-state index in [0.717, 1.165) is 22.0 Å². The van der Waals surface area contributed by atoms with Gasteiger partial charge in [0, 0.05) is 0 Å². The number of benzene rings is 2. The molecule has 0 aliphatic heterocycles. The Morgan fingerprint density at radius 3 is 2.64 bits per heavy atom. The van der Waals surface area contributed by atoms with Crippen LogP contribution in [0.3, 0.4) is 0 Å². The third kappa shape index (κ3) is 4.28. The maximum Gasteiger partial charge on any atom is 0.275 e. The SMILES string of the molecule is Cc1ccc(C[NH+](C)CC(=O)N[C@H](C)c2cccc3ccccc23)o1. The van der Waals surface area contributed by atoms with Crippen molar-refractivity contribution in [2.24, 2.45) is 0 Å². The number of aryl methyl sites for hydroxylation is 1. The molecule has 1 unspecified atom stereocenters. The average Bonchev–Trinajstić information content (AvgIpc) is 2.98. The minimum Gasteiger partial charge on any atom is -0.460 e. The molecule has 3 aromatic rings. The quantitative estimate of drug-likeness (QED) is 0.726. The van der Waals surface area contributed by atoms with Gasteiger partial charge in [-0.1, -0.05) is 42.5 Å². The van der Waals surface area contributed by atoms with Crippen molar-refractivity contribution in [3.8, 4) is 0 Å². The van der Waals surface area contributed by atoms with Crippen molar-refractivity contribution >= 4 is 16.7 Å². The van der Waals surface area contributed by atoms with E-state index in [1.807, 2.05) is 51.2 Å². The number of nitrogens with one attached hydrogen (secondary N) is 2. The highest BCUT2D eigenvalue weighted by Gasteiger charge is 2.16. The van der Waals surface area contributed by atoms with Crippen molar-refractivity contribution in [2.75, 3.05) is 13.6 Å². The van der Waals surface area contributed by atoms with Crippen LogP contribution in [0.1, 0.15) is 30.0 Å². The first-order chi connectivity index (χ1) is 12.0. The molecule has 2 aromatic carbocycles. The maximum atomic E-state index is 12.4. The Morgan fingerprint density at radius 2 is 1.88 bits per heavy atom. The summed E-state index contributed by atoms with van der Waals surface area (Å²) in [5, 5.41) is 5.50. The Bertz CT molecular complexity index is 864. The molecule has 0 fully saturated rings. The number of amides is 1. The van der Waals surface area contributed by atoms with E-state index in [4.69, 9.17) is 4.42 Å². The molecule has 2 atom stereocenters. The van der Waals surface area contributed by atoms with Crippen LogP contribution in [0.15, 0.2) is 59.0 Å². The van der Waals surface area contributed by atoms with E-state index < -0.39 is 0 Å². The molecule has 0 aliphatic rings. The van der Waals surface area contributed by atoms with Gasteiger partial charge in [-0.2, -0.15) is 0 Å². The van der Waals surface area contributed by atoms with E-state index in [9.17, 15) is 4.79 Å². The number of fused-ring (bicyclic) bond motifs is 1. The number of carbonyl (C=O) groups excluding carboxylic acids is 1. The maximum absolute atomic E-state index is 12.4. The summed E-state index contributed by atoms with van der Waals surface area (Å²) in [4.78, 5) is 13.5. The second-order valence-electron chi connectivity index (χ2n) is 6.68. The zero-order chi connectivity index (χ0) is 17.8. The van der Waals surface area contributed by atoms with Gasteiger partial charge in [0.1, 0.15) is 12.3 Å². The monoisotopic (exact) mass is 337 g/mol. The smallest absolute Gasteiger partial charge is 0.275 e. The molecular weight excluding hydrogens is 312 g/mol. The Kier molecular flexibility index (Phi) is 5.19. The van der Waals surface area contributed by atoms with Crippen molar-refractivity contribution < 1.29 is 14.1 Å². The lowest BCUT2D eigenvalue weighted by atomic mass is 10.00. The van der Waals surface area contributed by atoms with Crippen LogP contribution in [0, 0.1) is 6.92 Å². The van der Waals surface area contributed by atoms with E-state index in [-0.39, 0.29) is 11.9 Å². The van der Waals surface area contributed by atoms with Crippen LogP contribution in [0.4, 0.5) is 0 Å². The van der Waals surface area contributed by atoms with Crippen LogP contribution in [-0.4, -0.2) is 19.5 Å². The number of furan rings is 1. The van der Waals surface area contributed by atoms with E-state index in [2.05, 4.69) is 29.6 Å². The summed E-state index contributed by atoms with van der Waals surface area (Å²) in [5.74, 6) is 1.85. The highest BCUT2D eigenvalue weighted by molar-refractivity contribution is 5.87. The first kappa shape index (κ1) is 17.2. The molecule has 0 aliphatic carbocycles. The lowest BCUT2D eigenvalue weighted by Gasteiger charge is -2.18. The van der Waals surface area contributed by atoms with E-state index >= 15 is 0 Å². The molecule has 2 N–H and O–H groups in total. The highest BCUT2D eigenvalue weighted by Crippen LogP contribution is 2.23. The van der Waals surface area contributed by atoms with E-state index in [0.29, 0.717) is 13.1 Å². The number of hydrogen-bond donors (Lipinski definition) is 2. The van der Waals surface area contributed by atoms with Gasteiger partial charge in [0.2, 0.25) is 0 Å². The predicted molar refractivity (Wildman–Crippen MR) is 99.4 cm³/mol. The minimum atomic E-state index is -0.0303. The summed E-state index contributed by atoms with van der Waals surface area (Å²) in [6, 6.07) is 18.4. The molecule has 0 radical (unpaired) electrons. The molecular formula is C21H25N2O2+. The number of quaternary nitrogens is 1. The van der Waals surface area contributed by atoms with Crippen molar-refractivity contribution in [3.63, 3.8) is 0 Å². The fourth-order valence-electron chi connectivity index (χ4n) is 3.21. The Balaban J connectivity index is 1.62. The Labute approximate surface area is 148 Å². The van der Waals surface area contributed by atoms with Gasteiger partial charge in [-0.15, -0.1) is 0 Å². The average molecular weight is 337 g/mol. The first-order valence-electron chi connectivity index (χ1n) is 8.66. The van der Waals surface area contributed by atoms with Gasteiger partial charge in [-0.3, -0.25) is 4.79 Å². The van der Waals surface area contributed by atoms with Gasteiger partial charge in [0.05, 0.1) is 13.1 Å². The van der Waals surface area contributed by atoms with Gasteiger partial charge in [0.15, 0.2) is 12.3 Å². The molecule has 0 bridgehead atoms. The number of likely N-dealkylation sites (N-methyl/N-ethyl adjacent to an activating group) is 1. The van der Waals surface area contributed by atoms with E-state index in [1.165, 1.54) is 10.8 Å². The summed E-state index contributed by atoms with van der Waals surface area (Å²) < 4.78 is 5.58. The summed E-state index contributed by atoms with van der Waals surface area (Å²) >= 11 is 0. The molecule has 4 nitrogen and oxygen atoms in total. The van der Waals surface area contributed by atoms with Crippen LogP contribution in [0.25, 0.3) is 10.8 Å². The predicted octanol–water partition coefficient (Wildman–Crippen LogP) is 2.63. The Hall–Kier alpha value is -2.59. The molecule has 0 saturated carbocycles. The van der Waals surface area contributed by atoms with Crippen molar-refractivity contribution in [1.82, 2.24) is 5.32 Å². The zero-order valence-corrected chi connectivity index (χ0v) is 15.0. The van der Waals surface area contributed by atoms with Gasteiger partial charge in [-0.05, 0) is 42.3 Å². The summed E-state index contributed by atoms with van der Waals surface area (Å²) in [6.45, 7) is 5.07. The van der Waals surface area contributed by atoms with Gasteiger partial charge < -0.3 is 14.6 Å². The van der Waals surface area contributed by atoms with Gasteiger partial charge >= 0.3 is 0 Å². The minimum absolute atomic E-state index is 0.0303.